The fourth-order valence-corrected chi connectivity index (χ4v) is 3.60. The molecule has 0 heterocycles. The van der Waals surface area contributed by atoms with E-state index in [0.29, 0.717) is 5.56 Å². The summed E-state index contributed by atoms with van der Waals surface area (Å²) in [7, 11) is -3.69. The van der Waals surface area contributed by atoms with Crippen LogP contribution in [0.25, 0.3) is 0 Å². The Balaban J connectivity index is 1.75. The maximum Gasteiger partial charge on any atom is 0.339 e. The highest BCUT2D eigenvalue weighted by atomic mass is 32.2. The van der Waals surface area contributed by atoms with Crippen molar-refractivity contribution in [3.8, 4) is 0 Å². The van der Waals surface area contributed by atoms with Gasteiger partial charge in [0.1, 0.15) is 0 Å². The van der Waals surface area contributed by atoms with Crippen molar-refractivity contribution in [2.24, 2.45) is 0 Å². The number of benzene rings is 2. The fraction of sp³-hybridized carbons (Fsp3) is 0.238. The van der Waals surface area contributed by atoms with Crippen LogP contribution in [0.3, 0.4) is 0 Å². The Kier molecular flexibility index (Phi) is 6.46. The Hall–Kier alpha value is -2.97. The first kappa shape index (κ1) is 20.8. The molecule has 3 rings (SSSR count). The maximum atomic E-state index is 12.6. The van der Waals surface area contributed by atoms with Gasteiger partial charge in [-0.3, -0.25) is 4.79 Å². The zero-order valence-corrected chi connectivity index (χ0v) is 16.5. The summed E-state index contributed by atoms with van der Waals surface area (Å²) in [5, 5.41) is 2.85. The summed E-state index contributed by atoms with van der Waals surface area (Å²) in [6, 6.07) is 14.2. The van der Waals surface area contributed by atoms with Crippen LogP contribution in [-0.4, -0.2) is 32.9 Å². The van der Waals surface area contributed by atoms with Gasteiger partial charge in [-0.1, -0.05) is 36.4 Å². The fourth-order valence-electron chi connectivity index (χ4n) is 2.60. The molecule has 0 aromatic heterocycles. The van der Waals surface area contributed by atoms with Gasteiger partial charge in [-0.2, -0.15) is 0 Å². The lowest BCUT2D eigenvalue weighted by Gasteiger charge is -2.18. The molecule has 0 aliphatic heterocycles. The smallest absolute Gasteiger partial charge is 0.339 e. The second-order valence-corrected chi connectivity index (χ2v) is 8.41. The van der Waals surface area contributed by atoms with Gasteiger partial charge in [0.2, 0.25) is 16.1 Å². The van der Waals surface area contributed by atoms with Crippen molar-refractivity contribution in [1.82, 2.24) is 10.0 Å². The molecule has 1 amide bonds. The van der Waals surface area contributed by atoms with E-state index in [0.717, 1.165) is 12.8 Å². The molecule has 2 aromatic rings. The third-order valence-corrected chi connectivity index (χ3v) is 5.75. The van der Waals surface area contributed by atoms with Gasteiger partial charge in [0.05, 0.1) is 10.5 Å². The molecule has 1 aliphatic rings. The molecule has 8 heteroatoms. The number of nitrogens with one attached hydrogen (secondary N) is 2. The minimum absolute atomic E-state index is 0.0157. The number of amides is 1. The molecule has 1 atom stereocenters. The minimum atomic E-state index is -3.69. The van der Waals surface area contributed by atoms with Crippen molar-refractivity contribution in [3.63, 3.8) is 0 Å². The highest BCUT2D eigenvalue weighted by Crippen LogP contribution is 2.24. The van der Waals surface area contributed by atoms with E-state index in [1.807, 2.05) is 0 Å². The van der Waals surface area contributed by atoms with Crippen LogP contribution in [0.15, 0.2) is 72.1 Å². The van der Waals surface area contributed by atoms with Crippen LogP contribution in [0.4, 0.5) is 0 Å². The minimum Gasteiger partial charge on any atom is -0.444 e. The van der Waals surface area contributed by atoms with Crippen molar-refractivity contribution in [2.75, 3.05) is 6.54 Å². The van der Waals surface area contributed by atoms with Crippen LogP contribution in [-0.2, 0) is 19.6 Å². The standard InChI is InChI=1S/C21H22N2O5S/c1-2-14-22-29(26,27)18-12-8-16(9-13-18)21(25)28-19(15-6-4-3-5-7-15)20(24)23-17-10-11-17/h2-9,12-13,17,19,22H,1,10-11,14H2,(H,23,24)/t19-/m0/s1. The number of carbonyl (C=O) groups is 2. The zero-order valence-electron chi connectivity index (χ0n) is 15.7. The highest BCUT2D eigenvalue weighted by molar-refractivity contribution is 7.89. The number of rotatable bonds is 9. The Morgan fingerprint density at radius 3 is 2.34 bits per heavy atom. The first-order valence-electron chi connectivity index (χ1n) is 9.17. The van der Waals surface area contributed by atoms with Gasteiger partial charge in [0, 0.05) is 18.2 Å². The SMILES string of the molecule is C=CCNS(=O)(=O)c1ccc(C(=O)O[C@H](C(=O)NC2CC2)c2ccccc2)cc1. The third kappa shape index (κ3) is 5.52. The van der Waals surface area contributed by atoms with Crippen molar-refractivity contribution in [2.45, 2.75) is 29.9 Å². The molecular weight excluding hydrogens is 392 g/mol. The van der Waals surface area contributed by atoms with Crippen LogP contribution in [0.5, 0.6) is 0 Å². The number of carbonyl (C=O) groups excluding carboxylic acids is 2. The molecule has 0 radical (unpaired) electrons. The van der Waals surface area contributed by atoms with E-state index in [1.54, 1.807) is 30.3 Å². The summed E-state index contributed by atoms with van der Waals surface area (Å²) in [5.41, 5.74) is 0.708. The Morgan fingerprint density at radius 2 is 1.76 bits per heavy atom. The van der Waals surface area contributed by atoms with Gasteiger partial charge in [-0.15, -0.1) is 6.58 Å². The van der Waals surface area contributed by atoms with E-state index >= 15 is 0 Å². The monoisotopic (exact) mass is 414 g/mol. The molecule has 1 fully saturated rings. The topological polar surface area (TPSA) is 102 Å². The van der Waals surface area contributed by atoms with Gasteiger partial charge >= 0.3 is 5.97 Å². The van der Waals surface area contributed by atoms with Gasteiger partial charge in [0.15, 0.2) is 0 Å². The summed E-state index contributed by atoms with van der Waals surface area (Å²) >= 11 is 0. The van der Waals surface area contributed by atoms with Crippen LogP contribution in [0.2, 0.25) is 0 Å². The van der Waals surface area contributed by atoms with E-state index in [-0.39, 0.29) is 29.0 Å². The first-order chi connectivity index (χ1) is 13.9. The van der Waals surface area contributed by atoms with E-state index in [1.165, 1.54) is 30.3 Å². The quantitative estimate of drug-likeness (QED) is 0.484. The number of esters is 1. The maximum absolute atomic E-state index is 12.6. The molecule has 0 saturated heterocycles. The van der Waals surface area contributed by atoms with E-state index in [4.69, 9.17) is 4.74 Å². The van der Waals surface area contributed by atoms with Gasteiger partial charge in [0.25, 0.3) is 5.91 Å². The molecule has 152 valence electrons. The average molecular weight is 414 g/mol. The number of hydrogen-bond donors (Lipinski definition) is 2. The Morgan fingerprint density at radius 1 is 1.10 bits per heavy atom. The Labute approximate surface area is 169 Å². The lowest BCUT2D eigenvalue weighted by molar-refractivity contribution is -0.130. The predicted octanol–water partition coefficient (Wildman–Crippen LogP) is 2.33. The molecule has 0 spiro atoms. The molecule has 2 N–H and O–H groups in total. The molecule has 1 saturated carbocycles. The summed E-state index contributed by atoms with van der Waals surface area (Å²) in [6.45, 7) is 3.56. The lowest BCUT2D eigenvalue weighted by atomic mass is 10.1. The van der Waals surface area contributed by atoms with Crippen molar-refractivity contribution >= 4 is 21.9 Å². The summed E-state index contributed by atoms with van der Waals surface area (Å²) in [5.74, 6) is -1.09. The molecule has 2 aromatic carbocycles. The van der Waals surface area contributed by atoms with Crippen LogP contribution < -0.4 is 10.0 Å². The summed E-state index contributed by atoms with van der Waals surface area (Å²) < 4.78 is 32.0. The lowest BCUT2D eigenvalue weighted by Crippen LogP contribution is -2.33. The van der Waals surface area contributed by atoms with Gasteiger partial charge < -0.3 is 10.1 Å². The van der Waals surface area contributed by atoms with E-state index in [2.05, 4.69) is 16.6 Å². The second-order valence-electron chi connectivity index (χ2n) is 6.64. The van der Waals surface area contributed by atoms with Crippen LogP contribution in [0, 0.1) is 0 Å². The number of sulfonamides is 1. The van der Waals surface area contributed by atoms with Gasteiger partial charge in [-0.05, 0) is 37.1 Å². The molecule has 7 nitrogen and oxygen atoms in total. The molecule has 0 bridgehead atoms. The first-order valence-corrected chi connectivity index (χ1v) is 10.7. The summed E-state index contributed by atoms with van der Waals surface area (Å²) in [6.07, 6.45) is 2.18. The zero-order chi connectivity index (χ0) is 20.9. The van der Waals surface area contributed by atoms with E-state index in [9.17, 15) is 18.0 Å². The number of hydrogen-bond acceptors (Lipinski definition) is 5. The second kappa shape index (κ2) is 9.02. The van der Waals surface area contributed by atoms with Gasteiger partial charge in [-0.25, -0.2) is 17.9 Å². The van der Waals surface area contributed by atoms with Crippen molar-refractivity contribution in [3.05, 3.63) is 78.4 Å². The van der Waals surface area contributed by atoms with Crippen molar-refractivity contribution in [1.29, 1.82) is 0 Å². The average Bonchev–Trinajstić information content (AvgIpc) is 3.55. The normalized spacial score (nSPS) is 14.6. The molecule has 0 unspecified atom stereocenters. The van der Waals surface area contributed by atoms with E-state index < -0.39 is 22.1 Å². The number of ether oxygens (including phenoxy) is 1. The molecule has 29 heavy (non-hydrogen) atoms. The van der Waals surface area contributed by atoms with Crippen molar-refractivity contribution < 1.29 is 22.7 Å². The molecular formula is C21H22N2O5S. The predicted molar refractivity (Wildman–Crippen MR) is 108 cm³/mol. The Bertz CT molecular complexity index is 983. The summed E-state index contributed by atoms with van der Waals surface area (Å²) in [4.78, 5) is 25.2. The third-order valence-electron chi connectivity index (χ3n) is 4.31. The largest absolute Gasteiger partial charge is 0.444 e. The molecule has 1 aliphatic carbocycles. The van der Waals surface area contributed by atoms with Crippen LogP contribution >= 0.6 is 0 Å². The van der Waals surface area contributed by atoms with Crippen LogP contribution in [0.1, 0.15) is 34.9 Å². The highest BCUT2D eigenvalue weighted by Gasteiger charge is 2.31.